The van der Waals surface area contributed by atoms with E-state index in [0.717, 1.165) is 28.3 Å². The fraction of sp³-hybridized carbons (Fsp3) is 0.158. The number of aryl methyl sites for hydroxylation is 2. The second-order valence-corrected chi connectivity index (χ2v) is 5.57. The van der Waals surface area contributed by atoms with Crippen LogP contribution in [-0.4, -0.2) is 16.0 Å². The highest BCUT2D eigenvalue weighted by Crippen LogP contribution is 2.16. The molecule has 0 aliphatic heterocycles. The summed E-state index contributed by atoms with van der Waals surface area (Å²) >= 11 is 0. The van der Waals surface area contributed by atoms with E-state index in [1.165, 1.54) is 5.56 Å². The number of para-hydroxylation sites is 1. The van der Waals surface area contributed by atoms with Crippen molar-refractivity contribution in [2.45, 2.75) is 20.8 Å². The molecule has 2 aromatic carbocycles. The van der Waals surface area contributed by atoms with Gasteiger partial charge >= 0.3 is 0 Å². The first kappa shape index (κ1) is 15.0. The third kappa shape index (κ3) is 3.31. The average molecular weight is 304 g/mol. The monoisotopic (exact) mass is 304 g/mol. The molecule has 0 saturated heterocycles. The Hall–Kier alpha value is -2.88. The summed E-state index contributed by atoms with van der Waals surface area (Å²) in [7, 11) is 0. The molecule has 0 aliphatic rings. The fourth-order valence-corrected chi connectivity index (χ4v) is 2.55. The number of nitrogens with zero attached hydrogens (tertiary/aromatic N) is 3. The van der Waals surface area contributed by atoms with Crippen molar-refractivity contribution in [3.63, 3.8) is 0 Å². The lowest BCUT2D eigenvalue weighted by Crippen LogP contribution is -1.99. The molecule has 0 spiro atoms. The van der Waals surface area contributed by atoms with E-state index in [1.807, 2.05) is 60.3 Å². The lowest BCUT2D eigenvalue weighted by atomic mass is 10.2. The van der Waals surface area contributed by atoms with Gasteiger partial charge in [-0.25, -0.2) is 4.68 Å². The van der Waals surface area contributed by atoms with E-state index in [9.17, 15) is 0 Å². The first-order valence-electron chi connectivity index (χ1n) is 7.62. The van der Waals surface area contributed by atoms with Crippen LogP contribution in [0, 0.1) is 20.8 Å². The number of rotatable bonds is 4. The zero-order valence-corrected chi connectivity index (χ0v) is 13.6. The smallest absolute Gasteiger partial charge is 0.0689 e. The van der Waals surface area contributed by atoms with E-state index in [1.54, 1.807) is 0 Å². The summed E-state index contributed by atoms with van der Waals surface area (Å²) in [5.41, 5.74) is 9.37. The van der Waals surface area contributed by atoms with Gasteiger partial charge in [0.05, 0.1) is 29.0 Å². The third-order valence-corrected chi connectivity index (χ3v) is 3.75. The molecule has 116 valence electrons. The minimum Gasteiger partial charge on any atom is -0.278 e. The molecule has 3 rings (SSSR count). The minimum absolute atomic E-state index is 0.959. The van der Waals surface area contributed by atoms with Crippen molar-refractivity contribution < 1.29 is 0 Å². The molecule has 0 amide bonds. The highest BCUT2D eigenvalue weighted by atomic mass is 15.3. The number of benzene rings is 2. The van der Waals surface area contributed by atoms with E-state index in [-0.39, 0.29) is 0 Å². The summed E-state index contributed by atoms with van der Waals surface area (Å²) in [6.45, 7) is 6.12. The molecule has 0 fully saturated rings. The summed E-state index contributed by atoms with van der Waals surface area (Å²) in [5, 5.41) is 8.97. The van der Waals surface area contributed by atoms with Crippen LogP contribution in [-0.2, 0) is 0 Å². The molecule has 3 aromatic rings. The number of aromatic nitrogens is 2. The van der Waals surface area contributed by atoms with Crippen LogP contribution in [0.5, 0.6) is 0 Å². The van der Waals surface area contributed by atoms with Crippen LogP contribution in [0.3, 0.4) is 0 Å². The largest absolute Gasteiger partial charge is 0.278 e. The summed E-state index contributed by atoms with van der Waals surface area (Å²) in [6, 6.07) is 18.3. The van der Waals surface area contributed by atoms with Crippen molar-refractivity contribution in [1.29, 1.82) is 0 Å². The van der Waals surface area contributed by atoms with E-state index < -0.39 is 0 Å². The molecule has 0 atom stereocenters. The Kier molecular flexibility index (Phi) is 4.24. The Morgan fingerprint density at radius 2 is 1.78 bits per heavy atom. The molecule has 4 nitrogen and oxygen atoms in total. The second kappa shape index (κ2) is 6.48. The molecule has 0 aliphatic carbocycles. The van der Waals surface area contributed by atoms with Crippen LogP contribution in [0.4, 0.5) is 5.69 Å². The molecular formula is C19H20N4. The molecular weight excluding hydrogens is 284 g/mol. The van der Waals surface area contributed by atoms with E-state index in [4.69, 9.17) is 0 Å². The van der Waals surface area contributed by atoms with Gasteiger partial charge in [-0.1, -0.05) is 30.3 Å². The number of hydrogen-bond donors (Lipinski definition) is 1. The molecule has 0 radical (unpaired) electrons. The van der Waals surface area contributed by atoms with Crippen molar-refractivity contribution in [3.8, 4) is 5.69 Å². The Morgan fingerprint density at radius 3 is 2.52 bits per heavy atom. The number of anilines is 1. The maximum absolute atomic E-state index is 4.62. The van der Waals surface area contributed by atoms with Gasteiger partial charge in [0.25, 0.3) is 0 Å². The van der Waals surface area contributed by atoms with Crippen molar-refractivity contribution in [2.24, 2.45) is 5.10 Å². The highest BCUT2D eigenvalue weighted by molar-refractivity contribution is 5.83. The van der Waals surface area contributed by atoms with Gasteiger partial charge in [-0.05, 0) is 50.6 Å². The molecule has 23 heavy (non-hydrogen) atoms. The van der Waals surface area contributed by atoms with Gasteiger partial charge in [-0.15, -0.1) is 0 Å². The van der Waals surface area contributed by atoms with Gasteiger partial charge in [0, 0.05) is 5.56 Å². The number of hydrogen-bond acceptors (Lipinski definition) is 3. The Balaban J connectivity index is 1.83. The Labute approximate surface area is 136 Å². The van der Waals surface area contributed by atoms with Gasteiger partial charge in [-0.3, -0.25) is 5.43 Å². The average Bonchev–Trinajstić information content (AvgIpc) is 2.84. The van der Waals surface area contributed by atoms with Crippen molar-refractivity contribution in [1.82, 2.24) is 9.78 Å². The van der Waals surface area contributed by atoms with Gasteiger partial charge in [-0.2, -0.15) is 10.2 Å². The lowest BCUT2D eigenvalue weighted by molar-refractivity contribution is 0.833. The molecule has 1 aromatic heterocycles. The normalized spacial score (nSPS) is 11.1. The maximum atomic E-state index is 4.62. The molecule has 4 heteroatoms. The quantitative estimate of drug-likeness (QED) is 0.578. The summed E-state index contributed by atoms with van der Waals surface area (Å²) in [4.78, 5) is 0. The summed E-state index contributed by atoms with van der Waals surface area (Å²) in [5.74, 6) is 0. The van der Waals surface area contributed by atoms with Crippen LogP contribution in [0.2, 0.25) is 0 Å². The second-order valence-electron chi connectivity index (χ2n) is 5.57. The summed E-state index contributed by atoms with van der Waals surface area (Å²) < 4.78 is 1.95. The predicted molar refractivity (Wildman–Crippen MR) is 95.4 cm³/mol. The van der Waals surface area contributed by atoms with Crippen LogP contribution < -0.4 is 5.43 Å². The van der Waals surface area contributed by atoms with Gasteiger partial charge in [0.1, 0.15) is 0 Å². The highest BCUT2D eigenvalue weighted by Gasteiger charge is 2.10. The first-order chi connectivity index (χ1) is 11.1. The van der Waals surface area contributed by atoms with Gasteiger partial charge in [0.2, 0.25) is 0 Å². The topological polar surface area (TPSA) is 42.2 Å². The Bertz CT molecular complexity index is 832. The van der Waals surface area contributed by atoms with Crippen molar-refractivity contribution in [2.75, 3.05) is 5.43 Å². The maximum Gasteiger partial charge on any atom is 0.0689 e. The third-order valence-electron chi connectivity index (χ3n) is 3.75. The standard InChI is InChI=1S/C19H20N4/c1-14-8-7-9-17(12-14)21-20-13-19-15(2)22-23(16(19)3)18-10-5-4-6-11-18/h4-13,21H,1-3H3/b20-13-. The van der Waals surface area contributed by atoms with E-state index in [2.05, 4.69) is 41.6 Å². The van der Waals surface area contributed by atoms with Crippen LogP contribution in [0.1, 0.15) is 22.5 Å². The Morgan fingerprint density at radius 1 is 1.00 bits per heavy atom. The zero-order valence-electron chi connectivity index (χ0n) is 13.6. The predicted octanol–water partition coefficient (Wildman–Crippen LogP) is 4.24. The number of nitrogens with one attached hydrogen (secondary N) is 1. The molecule has 0 bridgehead atoms. The molecule has 1 N–H and O–H groups in total. The van der Waals surface area contributed by atoms with Crippen LogP contribution in [0.15, 0.2) is 59.7 Å². The van der Waals surface area contributed by atoms with Gasteiger partial charge < -0.3 is 0 Å². The van der Waals surface area contributed by atoms with E-state index >= 15 is 0 Å². The van der Waals surface area contributed by atoms with Crippen LogP contribution >= 0.6 is 0 Å². The van der Waals surface area contributed by atoms with Crippen molar-refractivity contribution in [3.05, 3.63) is 77.1 Å². The lowest BCUT2D eigenvalue weighted by Gasteiger charge is -2.04. The fourth-order valence-electron chi connectivity index (χ4n) is 2.55. The molecule has 0 unspecified atom stereocenters. The first-order valence-corrected chi connectivity index (χ1v) is 7.62. The van der Waals surface area contributed by atoms with Crippen molar-refractivity contribution >= 4 is 11.9 Å². The number of hydrazone groups is 1. The minimum atomic E-state index is 0.959. The van der Waals surface area contributed by atoms with Crippen LogP contribution in [0.25, 0.3) is 5.69 Å². The zero-order chi connectivity index (χ0) is 16.2. The van der Waals surface area contributed by atoms with E-state index in [0.29, 0.717) is 0 Å². The SMILES string of the molecule is Cc1cccc(N/N=C\c2c(C)nn(-c3ccccc3)c2C)c1. The summed E-state index contributed by atoms with van der Waals surface area (Å²) in [6.07, 6.45) is 1.83. The van der Waals surface area contributed by atoms with Gasteiger partial charge in [0.15, 0.2) is 0 Å². The molecule has 0 saturated carbocycles. The molecule has 1 heterocycles.